The lowest BCUT2D eigenvalue weighted by Gasteiger charge is -2.36. The number of unbranched alkanes of at least 4 members (excludes halogenated alkanes) is 3. The number of anilines is 4. The maximum Gasteiger partial charge on any atom is 0.262 e. The summed E-state index contributed by atoms with van der Waals surface area (Å²) in [4.78, 5) is 50.1. The van der Waals surface area contributed by atoms with E-state index in [4.69, 9.17) is 0 Å². The van der Waals surface area contributed by atoms with E-state index in [0.717, 1.165) is 62.5 Å². The monoisotopic (exact) mass is 961 g/mol. The Hall–Kier alpha value is -5.68. The molecule has 2 aromatic carbocycles. The van der Waals surface area contributed by atoms with Gasteiger partial charge in [-0.2, -0.15) is 0 Å². The van der Waals surface area contributed by atoms with Crippen LogP contribution < -0.4 is 31.7 Å². The average molecular weight is 961 g/mol. The van der Waals surface area contributed by atoms with E-state index in [1.807, 2.05) is 39.0 Å². The minimum atomic E-state index is -0.506. The Morgan fingerprint density at radius 3 is 2.16 bits per heavy atom. The molecule has 3 aliphatic heterocycles. The Labute approximate surface area is 412 Å². The van der Waals surface area contributed by atoms with Crippen molar-refractivity contribution in [2.45, 2.75) is 91.1 Å². The van der Waals surface area contributed by atoms with Crippen molar-refractivity contribution in [2.75, 3.05) is 102 Å². The molecule has 4 aliphatic rings. The van der Waals surface area contributed by atoms with Crippen LogP contribution in [-0.4, -0.2) is 135 Å². The zero-order valence-corrected chi connectivity index (χ0v) is 42.0. The summed E-state index contributed by atoms with van der Waals surface area (Å²) in [6.07, 6.45) is 13.9. The number of hydrogen-bond donors (Lipinski definition) is 4. The Morgan fingerprint density at radius 2 is 1.55 bits per heavy atom. The summed E-state index contributed by atoms with van der Waals surface area (Å²) >= 11 is 0. The molecule has 4 N–H and O–H groups in total. The number of amides is 2. The van der Waals surface area contributed by atoms with E-state index < -0.39 is 6.04 Å². The number of ether oxygens (including phenoxy) is 1. The minimum Gasteiger partial charge on any atom is -0.388 e. The van der Waals surface area contributed by atoms with Crippen molar-refractivity contribution in [1.29, 1.82) is 0 Å². The summed E-state index contributed by atoms with van der Waals surface area (Å²) in [7, 11) is 5.31. The van der Waals surface area contributed by atoms with Crippen molar-refractivity contribution in [3.05, 3.63) is 112 Å². The lowest BCUT2D eigenvalue weighted by atomic mass is 10.1. The number of imide groups is 1. The number of rotatable bonds is 16. The summed E-state index contributed by atoms with van der Waals surface area (Å²) in [6, 6.07) is 13.7. The van der Waals surface area contributed by atoms with E-state index in [0.29, 0.717) is 47.3 Å². The number of fused-ring (bicyclic) bond motifs is 1. The van der Waals surface area contributed by atoms with Gasteiger partial charge < -0.3 is 35.4 Å². The second kappa shape index (κ2) is 27.5. The van der Waals surface area contributed by atoms with Crippen LogP contribution >= 0.6 is 0 Å². The molecule has 3 saturated heterocycles. The van der Waals surface area contributed by atoms with Crippen LogP contribution in [0.1, 0.15) is 86.2 Å². The Balaban J connectivity index is 0.000000439. The molecule has 4 aromatic rings. The van der Waals surface area contributed by atoms with Gasteiger partial charge in [-0.25, -0.2) is 13.8 Å². The van der Waals surface area contributed by atoms with Crippen LogP contribution in [0.3, 0.4) is 0 Å². The van der Waals surface area contributed by atoms with Crippen molar-refractivity contribution >= 4 is 45.9 Å². The van der Waals surface area contributed by atoms with E-state index in [2.05, 4.69) is 70.4 Å². The molecule has 2 aromatic heterocycles. The molecular formula is C53H82F2N10O4. The molecule has 5 heterocycles. The molecule has 0 radical (unpaired) electrons. The van der Waals surface area contributed by atoms with Crippen LogP contribution in [0, 0.1) is 25.5 Å². The number of halogens is 2. The SMILES string of the molecule is C=C/C(=C\N(C)C1CC1)c1ccc2nc(Nc3ccc(C)cc3F)c(C)c(=O)n2c1.CC.COC.O=C1CCC(Nc2ccc(N3CCN(CCCCCCN4CCNCC4)CC3)c(F)c2)C(=O)N1.[HH].[HH].[HH]. The number of nitrogens with one attached hydrogen (secondary N) is 4. The number of methoxy groups -OCH3 is 1. The van der Waals surface area contributed by atoms with E-state index in [-0.39, 0.29) is 39.0 Å². The zero-order valence-electron chi connectivity index (χ0n) is 42.0. The van der Waals surface area contributed by atoms with Gasteiger partial charge in [-0.05, 0) is 113 Å². The zero-order chi connectivity index (χ0) is 49.9. The third kappa shape index (κ3) is 16.2. The van der Waals surface area contributed by atoms with Crippen LogP contribution in [0.25, 0.3) is 11.2 Å². The van der Waals surface area contributed by atoms with Gasteiger partial charge in [0.1, 0.15) is 29.1 Å². The number of nitrogens with zero attached hydrogens (tertiary/aromatic N) is 6. The average Bonchev–Trinajstić information content (AvgIpc) is 4.21. The van der Waals surface area contributed by atoms with Crippen LogP contribution in [-0.2, 0) is 14.3 Å². The minimum absolute atomic E-state index is 0. The van der Waals surface area contributed by atoms with Gasteiger partial charge in [-0.15, -0.1) is 0 Å². The third-order valence-corrected chi connectivity index (χ3v) is 12.6. The summed E-state index contributed by atoms with van der Waals surface area (Å²) in [5, 5.41) is 11.7. The van der Waals surface area contributed by atoms with Crippen molar-refractivity contribution < 1.29 is 27.4 Å². The molecule has 2 amide bonds. The molecule has 1 aliphatic carbocycles. The van der Waals surface area contributed by atoms with Crippen LogP contribution in [0.15, 0.2) is 78.4 Å². The van der Waals surface area contributed by atoms with Crippen LogP contribution in [0.2, 0.25) is 0 Å². The number of aryl methyl sites for hydroxylation is 1. The number of aromatic nitrogens is 2. The van der Waals surface area contributed by atoms with Gasteiger partial charge in [0.25, 0.3) is 5.56 Å². The second-order valence-corrected chi connectivity index (χ2v) is 17.9. The second-order valence-electron chi connectivity index (χ2n) is 17.9. The number of benzene rings is 2. The molecule has 1 saturated carbocycles. The number of pyridine rings is 1. The van der Waals surface area contributed by atoms with Crippen LogP contribution in [0.4, 0.5) is 31.7 Å². The lowest BCUT2D eigenvalue weighted by molar-refractivity contribution is -0.133. The summed E-state index contributed by atoms with van der Waals surface area (Å²) < 4.78 is 34.9. The maximum absolute atomic E-state index is 14.8. The fourth-order valence-corrected chi connectivity index (χ4v) is 8.48. The number of carbonyl (C=O) groups excluding carboxylic acids is 2. The molecule has 4 fully saturated rings. The molecule has 1 atom stereocenters. The summed E-state index contributed by atoms with van der Waals surface area (Å²) in [6.45, 7) is 22.0. The lowest BCUT2D eigenvalue weighted by Crippen LogP contribution is -2.47. The van der Waals surface area contributed by atoms with Crippen LogP contribution in [0.5, 0.6) is 0 Å². The predicted molar refractivity (Wildman–Crippen MR) is 283 cm³/mol. The Bertz CT molecular complexity index is 2410. The largest absolute Gasteiger partial charge is 0.388 e. The summed E-state index contributed by atoms with van der Waals surface area (Å²) in [5.74, 6) is -0.920. The van der Waals surface area contributed by atoms with Crippen molar-refractivity contribution in [2.24, 2.45) is 0 Å². The smallest absolute Gasteiger partial charge is 0.262 e. The fraction of sp³-hybridized carbons (Fsp3) is 0.509. The first-order valence-corrected chi connectivity index (χ1v) is 24.7. The van der Waals surface area contributed by atoms with Gasteiger partial charge in [0.05, 0.1) is 16.9 Å². The van der Waals surface area contributed by atoms with Gasteiger partial charge in [-0.3, -0.25) is 29.0 Å². The Morgan fingerprint density at radius 1 is 0.884 bits per heavy atom. The van der Waals surface area contributed by atoms with Crippen molar-refractivity contribution in [1.82, 2.24) is 34.7 Å². The highest BCUT2D eigenvalue weighted by atomic mass is 19.1. The fourth-order valence-electron chi connectivity index (χ4n) is 8.48. The predicted octanol–water partition coefficient (Wildman–Crippen LogP) is 8.47. The Kier molecular flexibility index (Phi) is 21.6. The number of carbonyl (C=O) groups is 2. The van der Waals surface area contributed by atoms with Gasteiger partial charge >= 0.3 is 0 Å². The number of piperazine rings is 2. The van der Waals surface area contributed by atoms with Gasteiger partial charge in [0, 0.05) is 114 Å². The van der Waals surface area contributed by atoms with E-state index in [1.54, 1.807) is 51.6 Å². The molecule has 0 spiro atoms. The van der Waals surface area contributed by atoms with E-state index >= 15 is 0 Å². The third-order valence-electron chi connectivity index (χ3n) is 12.6. The van der Waals surface area contributed by atoms with Gasteiger partial charge in [0.15, 0.2) is 0 Å². The molecule has 382 valence electrons. The normalized spacial score (nSPS) is 17.6. The highest BCUT2D eigenvalue weighted by Gasteiger charge is 2.27. The first kappa shape index (κ1) is 54.3. The standard InChI is InChI=1S/C25H39FN6O2.C24H25FN4O.C2H6O.C2H6.3H2/c26-21-19-20(28-22-6-8-24(33)29-25(22)34)5-7-23(21)32-17-15-31(16-18-32)12-4-2-1-3-11-30-13-9-27-10-14-30;1-5-17(13-28(4)19-8-9-19)18-7-11-22-27-23(16(3)24(30)29(22)14-18)26-21-10-6-15(2)12-20(21)25;1-3-2;1-2;;;/h5,7,19,22,27-28H,1-4,6,8-18H2,(H,29,33,34);5-7,10-14,19,26H,1,8-9H2,2-4H3;1-2H3;1-2H3;3*1H/b;17-13+;;;;;. The molecule has 1 unspecified atom stereocenters. The van der Waals surface area contributed by atoms with E-state index in [1.165, 1.54) is 74.7 Å². The topological polar surface area (TPSA) is 139 Å². The molecule has 69 heavy (non-hydrogen) atoms. The first-order valence-electron chi connectivity index (χ1n) is 24.7. The van der Waals surface area contributed by atoms with Gasteiger partial charge in [-0.1, -0.05) is 45.4 Å². The summed E-state index contributed by atoms with van der Waals surface area (Å²) in [5.41, 5.74) is 4.83. The highest BCUT2D eigenvalue weighted by Crippen LogP contribution is 2.29. The molecular weight excluding hydrogens is 879 g/mol. The highest BCUT2D eigenvalue weighted by molar-refractivity contribution is 6.01. The molecule has 0 bridgehead atoms. The molecule has 8 rings (SSSR count). The van der Waals surface area contributed by atoms with Gasteiger partial charge in [0.2, 0.25) is 11.8 Å². The quantitative estimate of drug-likeness (QED) is 0.0487. The van der Waals surface area contributed by atoms with Crippen molar-refractivity contribution in [3.8, 4) is 0 Å². The molecule has 14 nitrogen and oxygen atoms in total. The number of piperidine rings is 1. The number of allylic oxidation sites excluding steroid dienone is 2. The number of hydrogen-bond acceptors (Lipinski definition) is 12. The van der Waals surface area contributed by atoms with Crippen molar-refractivity contribution in [3.63, 3.8) is 0 Å². The van der Waals surface area contributed by atoms with E-state index in [9.17, 15) is 23.2 Å². The maximum atomic E-state index is 14.8. The first-order chi connectivity index (χ1) is 33.4. The molecule has 16 heteroatoms.